The van der Waals surface area contributed by atoms with Crippen LogP contribution >= 0.6 is 22.9 Å². The monoisotopic (exact) mass is 712 g/mol. The van der Waals surface area contributed by atoms with Crippen molar-refractivity contribution in [2.45, 2.75) is 57.2 Å². The van der Waals surface area contributed by atoms with Gasteiger partial charge in [0.2, 0.25) is 0 Å². The van der Waals surface area contributed by atoms with Crippen molar-refractivity contribution in [3.8, 4) is 29.0 Å². The fraction of sp³-hybridized carbons (Fsp3) is 0.324. The third-order valence-corrected chi connectivity index (χ3v) is 11.1. The third-order valence-electron chi connectivity index (χ3n) is 9.81. The highest BCUT2D eigenvalue weighted by atomic mass is 35.5. The molecule has 0 radical (unpaired) electrons. The molecule has 3 aromatic heterocycles. The fourth-order valence-electron chi connectivity index (χ4n) is 7.06. The number of likely N-dealkylation sites (tertiary alicyclic amines) is 1. The molecule has 0 bridgehead atoms. The summed E-state index contributed by atoms with van der Waals surface area (Å²) in [6, 6.07) is 12.9. The predicted molar refractivity (Wildman–Crippen MR) is 190 cm³/mol. The van der Waals surface area contributed by atoms with Crippen LogP contribution in [0.15, 0.2) is 52.8 Å². The molecule has 1 N–H and O–H groups in total. The van der Waals surface area contributed by atoms with Gasteiger partial charge in [-0.05, 0) is 38.0 Å². The Hall–Kier alpha value is -4.88. The Kier molecular flexibility index (Phi) is 8.81. The largest absolute Gasteiger partial charge is 0.478 e. The highest BCUT2D eigenvalue weighted by Crippen LogP contribution is 2.42. The second-order valence-corrected chi connectivity index (χ2v) is 14.1. The maximum absolute atomic E-state index is 14.0. The molecule has 1 aliphatic carbocycles. The number of nitrogens with zero attached hydrogens (tertiary/aromatic N) is 6. The van der Waals surface area contributed by atoms with Crippen LogP contribution in [0.3, 0.4) is 0 Å². The normalized spacial score (nSPS) is 16.5. The minimum atomic E-state index is -2.56. The summed E-state index contributed by atoms with van der Waals surface area (Å²) in [5.74, 6) is 3.51. The summed E-state index contributed by atoms with van der Waals surface area (Å²) in [5.41, 5.74) is 2.45. The molecule has 5 aromatic rings. The Bertz CT molecular complexity index is 2340. The van der Waals surface area contributed by atoms with Crippen LogP contribution in [0.25, 0.3) is 32.1 Å². The number of aryl methyl sites for hydroxylation is 1. The second-order valence-electron chi connectivity index (χ2n) is 12.8. The third kappa shape index (κ3) is 6.09. The van der Waals surface area contributed by atoms with Crippen LogP contribution in [0, 0.1) is 30.1 Å². The molecule has 1 saturated carbocycles. The van der Waals surface area contributed by atoms with E-state index in [0.717, 1.165) is 28.7 Å². The number of alkyl halides is 2. The Balaban J connectivity index is 1.18. The van der Waals surface area contributed by atoms with E-state index in [1.807, 2.05) is 18.0 Å². The zero-order valence-electron chi connectivity index (χ0n) is 27.2. The highest BCUT2D eigenvalue weighted by Gasteiger charge is 2.48. The van der Waals surface area contributed by atoms with Crippen molar-refractivity contribution in [2.24, 2.45) is 0 Å². The number of halogens is 3. The van der Waals surface area contributed by atoms with Gasteiger partial charge >= 0.3 is 5.97 Å². The van der Waals surface area contributed by atoms with E-state index in [4.69, 9.17) is 11.6 Å². The fourth-order valence-corrected chi connectivity index (χ4v) is 8.31. The van der Waals surface area contributed by atoms with Crippen molar-refractivity contribution in [3.05, 3.63) is 85.9 Å². The first kappa shape index (κ1) is 33.6. The molecule has 4 heterocycles. The number of carboxylic acid groups (broad SMARTS) is 1. The molecule has 2 aliphatic rings. The molecule has 9 nitrogen and oxygen atoms in total. The van der Waals surface area contributed by atoms with Gasteiger partial charge in [-0.3, -0.25) is 14.3 Å². The Morgan fingerprint density at radius 1 is 1.20 bits per heavy atom. The number of carboxylic acids is 1. The van der Waals surface area contributed by atoms with Gasteiger partial charge < -0.3 is 10.0 Å². The van der Waals surface area contributed by atoms with E-state index in [0.29, 0.717) is 46.2 Å². The molecule has 13 heteroatoms. The van der Waals surface area contributed by atoms with Gasteiger partial charge in [-0.25, -0.2) is 23.5 Å². The lowest BCUT2D eigenvalue weighted by atomic mass is 9.85. The molecule has 2 aromatic carbocycles. The van der Waals surface area contributed by atoms with E-state index in [1.165, 1.54) is 22.1 Å². The molecule has 0 unspecified atom stereocenters. The number of piperidine rings is 1. The summed E-state index contributed by atoms with van der Waals surface area (Å²) in [5, 5.41) is 22.8. The Labute approximate surface area is 295 Å². The van der Waals surface area contributed by atoms with Crippen LogP contribution < -0.4 is 10.5 Å². The lowest BCUT2D eigenvalue weighted by Gasteiger charge is -2.46. The number of aromatic nitrogens is 3. The Morgan fingerprint density at radius 2 is 1.96 bits per heavy atom. The van der Waals surface area contributed by atoms with Crippen LogP contribution in [0.1, 0.15) is 53.0 Å². The van der Waals surface area contributed by atoms with Crippen molar-refractivity contribution >= 4 is 55.7 Å². The molecule has 0 spiro atoms. The lowest BCUT2D eigenvalue weighted by Crippen LogP contribution is -2.55. The minimum absolute atomic E-state index is 0.000919. The summed E-state index contributed by atoms with van der Waals surface area (Å²) in [4.78, 5) is 39.0. The molecule has 2 fully saturated rings. The van der Waals surface area contributed by atoms with Crippen molar-refractivity contribution in [2.75, 3.05) is 25.0 Å². The van der Waals surface area contributed by atoms with Gasteiger partial charge in [0.25, 0.3) is 11.5 Å². The van der Waals surface area contributed by atoms with Crippen LogP contribution in [0.4, 0.5) is 14.6 Å². The number of benzene rings is 2. The van der Waals surface area contributed by atoms with E-state index >= 15 is 0 Å². The number of anilines is 1. The van der Waals surface area contributed by atoms with Gasteiger partial charge in [0, 0.05) is 82.2 Å². The lowest BCUT2D eigenvalue weighted by molar-refractivity contribution is -0.127. The van der Waals surface area contributed by atoms with E-state index in [9.17, 15) is 28.7 Å². The SMILES string of the molecule is Cc1nc2cnc(N(C)C3CCN(C4CC(F)(F)C4)CC3)c(C#N)c2c(=O)n1CC#Cc1ccc(Cl)cc1-c1cccc2c(C(=O)O)csc12. The van der Waals surface area contributed by atoms with Gasteiger partial charge in [0.1, 0.15) is 23.3 Å². The highest BCUT2D eigenvalue weighted by molar-refractivity contribution is 7.18. The van der Waals surface area contributed by atoms with Crippen molar-refractivity contribution in [3.63, 3.8) is 0 Å². The standard InChI is InChI=1S/C37H31ClF2N6O3S/c1-21-43-31-19-42-34(44(2)24-10-13-45(14-11-24)25-16-37(39,40)17-25)29(18-41)32(31)35(47)46(21)12-4-5-22-8-9-23(38)15-28(22)26-6-3-7-27-30(36(48)49)20-50-33(26)27/h3,6-9,15,19-20,24-25H,10-14,16-17H2,1-2H3,(H,48,49). The van der Waals surface area contributed by atoms with Crippen LogP contribution in [-0.2, 0) is 6.54 Å². The van der Waals surface area contributed by atoms with Crippen LogP contribution in [0.2, 0.25) is 5.02 Å². The first-order valence-corrected chi connectivity index (χ1v) is 17.4. The smallest absolute Gasteiger partial charge is 0.337 e. The molecule has 254 valence electrons. The topological polar surface area (TPSA) is 115 Å². The number of carbonyl (C=O) groups is 1. The first-order chi connectivity index (χ1) is 24.0. The first-order valence-electron chi connectivity index (χ1n) is 16.1. The van der Waals surface area contributed by atoms with Crippen molar-refractivity contribution in [1.29, 1.82) is 5.26 Å². The maximum Gasteiger partial charge on any atom is 0.337 e. The predicted octanol–water partition coefficient (Wildman–Crippen LogP) is 6.95. The molecule has 7 rings (SSSR count). The van der Waals surface area contributed by atoms with Gasteiger partial charge in [-0.2, -0.15) is 5.26 Å². The van der Waals surface area contributed by atoms with E-state index in [2.05, 4.69) is 32.8 Å². The quantitative estimate of drug-likeness (QED) is 0.188. The van der Waals surface area contributed by atoms with Crippen LogP contribution in [-0.4, -0.2) is 68.7 Å². The summed E-state index contributed by atoms with van der Waals surface area (Å²) >= 11 is 7.73. The minimum Gasteiger partial charge on any atom is -0.478 e. The average molecular weight is 713 g/mol. The summed E-state index contributed by atoms with van der Waals surface area (Å²) in [6.07, 6.45) is 2.78. The molecule has 1 aliphatic heterocycles. The number of rotatable bonds is 6. The molecular weight excluding hydrogens is 682 g/mol. The number of nitriles is 1. The van der Waals surface area contributed by atoms with Crippen molar-refractivity contribution in [1.82, 2.24) is 19.4 Å². The summed E-state index contributed by atoms with van der Waals surface area (Å²) < 4.78 is 29.1. The van der Waals surface area contributed by atoms with Gasteiger partial charge in [0.05, 0.1) is 29.2 Å². The summed E-state index contributed by atoms with van der Waals surface area (Å²) in [7, 11) is 1.85. The molecular formula is C37H31ClF2N6O3S. The maximum atomic E-state index is 14.0. The molecule has 50 heavy (non-hydrogen) atoms. The molecule has 0 amide bonds. The molecule has 1 saturated heterocycles. The van der Waals surface area contributed by atoms with E-state index < -0.39 is 17.5 Å². The number of aromatic carboxylic acids is 1. The average Bonchev–Trinajstić information content (AvgIpc) is 3.53. The van der Waals surface area contributed by atoms with Gasteiger partial charge in [-0.1, -0.05) is 41.6 Å². The number of hydrogen-bond donors (Lipinski definition) is 1. The summed E-state index contributed by atoms with van der Waals surface area (Å²) in [6.45, 7) is 3.06. The van der Waals surface area contributed by atoms with Gasteiger partial charge in [0.15, 0.2) is 0 Å². The van der Waals surface area contributed by atoms with Crippen LogP contribution in [0.5, 0.6) is 0 Å². The number of hydrogen-bond acceptors (Lipinski definition) is 8. The van der Waals surface area contributed by atoms with E-state index in [1.54, 1.807) is 42.6 Å². The molecule has 0 atom stereocenters. The number of fused-ring (bicyclic) bond motifs is 2. The van der Waals surface area contributed by atoms with Crippen molar-refractivity contribution < 1.29 is 18.7 Å². The zero-order valence-corrected chi connectivity index (χ0v) is 28.8. The Morgan fingerprint density at radius 3 is 2.66 bits per heavy atom. The zero-order chi connectivity index (χ0) is 35.3. The van der Waals surface area contributed by atoms with E-state index in [-0.39, 0.29) is 48.0 Å². The van der Waals surface area contributed by atoms with Gasteiger partial charge in [-0.15, -0.1) is 11.3 Å². The number of pyridine rings is 1. The second kappa shape index (κ2) is 13.1. The number of thiophene rings is 1.